The molecule has 1 aliphatic heterocycles. The molecule has 0 aliphatic carbocycles. The number of nitrogens with one attached hydrogen (secondary N) is 1. The average molecular weight is 307 g/mol. The van der Waals surface area contributed by atoms with Crippen molar-refractivity contribution in [1.82, 2.24) is 0 Å². The van der Waals surface area contributed by atoms with Gasteiger partial charge in [0.25, 0.3) is 0 Å². The van der Waals surface area contributed by atoms with Crippen molar-refractivity contribution in [3.63, 3.8) is 0 Å². The number of amides is 1. The third kappa shape index (κ3) is 5.62. The van der Waals surface area contributed by atoms with Crippen LogP contribution in [0.5, 0.6) is 5.75 Å². The van der Waals surface area contributed by atoms with Crippen LogP contribution in [0.1, 0.15) is 45.6 Å². The average Bonchev–Trinajstić information content (AvgIpc) is 2.41. The van der Waals surface area contributed by atoms with Crippen molar-refractivity contribution in [2.45, 2.75) is 51.2 Å². The van der Waals surface area contributed by atoms with Gasteiger partial charge < -0.3 is 10.1 Å². The van der Waals surface area contributed by atoms with Crippen LogP contribution in [0.3, 0.4) is 0 Å². The molecule has 0 unspecified atom stereocenters. The Balaban J connectivity index is 1.71. The maximum Gasteiger partial charge on any atom is 0.224 e. The molecule has 21 heavy (non-hydrogen) atoms. The van der Waals surface area contributed by atoms with Crippen LogP contribution in [0.25, 0.3) is 0 Å². The fraction of sp³-hybridized carbons (Fsp3) is 0.588. The van der Waals surface area contributed by atoms with Crippen LogP contribution in [0, 0.1) is 0 Å². The Morgan fingerprint density at radius 2 is 2.05 bits per heavy atom. The number of aryl methyl sites for hydroxylation is 1. The Kier molecular flexibility index (Phi) is 5.57. The van der Waals surface area contributed by atoms with E-state index in [0.717, 1.165) is 30.9 Å². The number of rotatable bonds is 6. The van der Waals surface area contributed by atoms with Gasteiger partial charge >= 0.3 is 0 Å². The Morgan fingerprint density at radius 1 is 1.24 bits per heavy atom. The molecule has 0 saturated heterocycles. The van der Waals surface area contributed by atoms with Gasteiger partial charge in [-0.2, -0.15) is 11.8 Å². The first kappa shape index (κ1) is 16.2. The molecule has 1 N–H and O–H groups in total. The molecular weight excluding hydrogens is 282 g/mol. The molecule has 0 aromatic heterocycles. The molecule has 1 heterocycles. The van der Waals surface area contributed by atoms with E-state index in [1.165, 1.54) is 17.7 Å². The number of ether oxygens (including phenoxy) is 1. The van der Waals surface area contributed by atoms with E-state index in [-0.39, 0.29) is 5.91 Å². The Bertz CT molecular complexity index is 494. The summed E-state index contributed by atoms with van der Waals surface area (Å²) >= 11 is 2.00. The highest BCUT2D eigenvalue weighted by Gasteiger charge is 2.15. The van der Waals surface area contributed by atoms with E-state index in [4.69, 9.17) is 4.74 Å². The molecular formula is C17H25NO2S. The summed E-state index contributed by atoms with van der Waals surface area (Å²) in [6.07, 6.45) is 3.64. The van der Waals surface area contributed by atoms with E-state index >= 15 is 0 Å². The Morgan fingerprint density at radius 3 is 2.81 bits per heavy atom. The van der Waals surface area contributed by atoms with E-state index in [0.29, 0.717) is 11.2 Å². The normalized spacial score (nSPS) is 14.5. The maximum absolute atomic E-state index is 11.3. The molecule has 0 bridgehead atoms. The number of unbranched alkanes of at least 4 members (excludes halogenated alkanes) is 1. The summed E-state index contributed by atoms with van der Waals surface area (Å²) in [6.45, 7) is 7.51. The van der Waals surface area contributed by atoms with Gasteiger partial charge in [-0.05, 0) is 48.8 Å². The van der Waals surface area contributed by atoms with Gasteiger partial charge in [0.2, 0.25) is 5.91 Å². The van der Waals surface area contributed by atoms with Crippen molar-refractivity contribution in [3.8, 4) is 5.75 Å². The Hall–Kier alpha value is -1.16. The lowest BCUT2D eigenvalue weighted by molar-refractivity contribution is -0.116. The van der Waals surface area contributed by atoms with Crippen LogP contribution in [0.2, 0.25) is 0 Å². The smallest absolute Gasteiger partial charge is 0.224 e. The lowest BCUT2D eigenvalue weighted by atomic mass is 10.0. The molecule has 0 spiro atoms. The fourth-order valence-electron chi connectivity index (χ4n) is 2.22. The SMILES string of the molecule is CC(C)(C)SCCCCOc1ccc2c(c1)CCC(=O)N2. The predicted molar refractivity (Wildman–Crippen MR) is 90.3 cm³/mol. The van der Waals surface area contributed by atoms with Crippen molar-refractivity contribution in [2.75, 3.05) is 17.7 Å². The van der Waals surface area contributed by atoms with Crippen molar-refractivity contribution in [1.29, 1.82) is 0 Å². The van der Waals surface area contributed by atoms with Gasteiger partial charge in [-0.3, -0.25) is 4.79 Å². The summed E-state index contributed by atoms with van der Waals surface area (Å²) in [5.74, 6) is 2.20. The van der Waals surface area contributed by atoms with Crippen molar-refractivity contribution < 1.29 is 9.53 Å². The largest absolute Gasteiger partial charge is 0.494 e. The molecule has 116 valence electrons. The highest BCUT2D eigenvalue weighted by molar-refractivity contribution is 8.00. The van der Waals surface area contributed by atoms with Gasteiger partial charge in [0, 0.05) is 16.9 Å². The van der Waals surface area contributed by atoms with E-state index in [1.807, 2.05) is 23.9 Å². The zero-order valence-electron chi connectivity index (χ0n) is 13.2. The summed E-state index contributed by atoms with van der Waals surface area (Å²) in [5.41, 5.74) is 2.11. The standard InChI is InChI=1S/C17H25NO2S/c1-17(2,3)21-11-5-4-10-20-14-7-8-15-13(12-14)6-9-16(19)18-15/h7-8,12H,4-6,9-11H2,1-3H3,(H,18,19). The first-order valence-electron chi connectivity index (χ1n) is 7.63. The number of anilines is 1. The summed E-state index contributed by atoms with van der Waals surface area (Å²) in [5, 5.41) is 2.89. The van der Waals surface area contributed by atoms with E-state index in [2.05, 4.69) is 32.2 Å². The predicted octanol–water partition coefficient (Wildman–Crippen LogP) is 4.26. The van der Waals surface area contributed by atoms with Crippen molar-refractivity contribution in [3.05, 3.63) is 23.8 Å². The summed E-state index contributed by atoms with van der Waals surface area (Å²) in [7, 11) is 0. The number of hydrogen-bond acceptors (Lipinski definition) is 3. The third-order valence-electron chi connectivity index (χ3n) is 3.31. The van der Waals surface area contributed by atoms with E-state index in [1.54, 1.807) is 0 Å². The van der Waals surface area contributed by atoms with Gasteiger partial charge in [-0.15, -0.1) is 0 Å². The highest BCUT2D eigenvalue weighted by atomic mass is 32.2. The number of benzene rings is 1. The lowest BCUT2D eigenvalue weighted by Crippen LogP contribution is -2.18. The number of carbonyl (C=O) groups excluding carboxylic acids is 1. The zero-order chi connectivity index (χ0) is 15.3. The monoisotopic (exact) mass is 307 g/mol. The first-order valence-corrected chi connectivity index (χ1v) is 8.62. The molecule has 0 saturated carbocycles. The van der Waals surface area contributed by atoms with Gasteiger partial charge in [0.05, 0.1) is 6.61 Å². The highest BCUT2D eigenvalue weighted by Crippen LogP contribution is 2.27. The quantitative estimate of drug-likeness (QED) is 0.798. The summed E-state index contributed by atoms with van der Waals surface area (Å²) < 4.78 is 6.16. The molecule has 4 heteroatoms. The minimum Gasteiger partial charge on any atom is -0.494 e. The van der Waals surface area contributed by atoms with Gasteiger partial charge in [-0.25, -0.2) is 0 Å². The van der Waals surface area contributed by atoms with Gasteiger partial charge in [0.1, 0.15) is 5.75 Å². The lowest BCUT2D eigenvalue weighted by Gasteiger charge is -2.18. The minimum absolute atomic E-state index is 0.104. The van der Waals surface area contributed by atoms with Crippen molar-refractivity contribution >= 4 is 23.4 Å². The molecule has 1 amide bonds. The molecule has 0 atom stereocenters. The maximum atomic E-state index is 11.3. The van der Waals surface area contributed by atoms with Crippen LogP contribution < -0.4 is 10.1 Å². The van der Waals surface area contributed by atoms with E-state index in [9.17, 15) is 4.79 Å². The third-order valence-corrected chi connectivity index (χ3v) is 4.67. The molecule has 0 fully saturated rings. The Labute approximate surface area is 131 Å². The molecule has 1 aromatic rings. The van der Waals surface area contributed by atoms with Crippen LogP contribution in [0.4, 0.5) is 5.69 Å². The minimum atomic E-state index is 0.104. The second kappa shape index (κ2) is 7.21. The number of hydrogen-bond donors (Lipinski definition) is 1. The number of thioether (sulfide) groups is 1. The van der Waals surface area contributed by atoms with Gasteiger partial charge in [-0.1, -0.05) is 20.8 Å². The van der Waals surface area contributed by atoms with Crippen LogP contribution >= 0.6 is 11.8 Å². The molecule has 1 aliphatic rings. The number of fused-ring (bicyclic) bond motifs is 1. The summed E-state index contributed by atoms with van der Waals surface area (Å²) in [4.78, 5) is 11.3. The number of carbonyl (C=O) groups is 1. The van der Waals surface area contributed by atoms with Crippen LogP contribution in [-0.2, 0) is 11.2 Å². The fourth-order valence-corrected chi connectivity index (χ4v) is 3.18. The second-order valence-corrected chi connectivity index (χ2v) is 8.31. The molecule has 3 nitrogen and oxygen atoms in total. The van der Waals surface area contributed by atoms with Gasteiger partial charge in [0.15, 0.2) is 0 Å². The van der Waals surface area contributed by atoms with E-state index < -0.39 is 0 Å². The second-order valence-electron chi connectivity index (χ2n) is 6.38. The molecule has 2 rings (SSSR count). The van der Waals surface area contributed by atoms with Crippen LogP contribution in [0.15, 0.2) is 18.2 Å². The zero-order valence-corrected chi connectivity index (χ0v) is 14.0. The molecule has 1 aromatic carbocycles. The van der Waals surface area contributed by atoms with Crippen molar-refractivity contribution in [2.24, 2.45) is 0 Å². The summed E-state index contributed by atoms with van der Waals surface area (Å²) in [6, 6.07) is 5.93. The van der Waals surface area contributed by atoms with Crippen LogP contribution in [-0.4, -0.2) is 23.0 Å². The first-order chi connectivity index (χ1) is 9.94. The molecule has 0 radical (unpaired) electrons. The topological polar surface area (TPSA) is 38.3 Å².